The fourth-order valence-electron chi connectivity index (χ4n) is 3.58. The van der Waals surface area contributed by atoms with Crippen LogP contribution >= 0.6 is 0 Å². The number of pyridine rings is 1. The molecule has 0 fully saturated rings. The van der Waals surface area contributed by atoms with E-state index in [0.717, 1.165) is 29.0 Å². The van der Waals surface area contributed by atoms with Crippen LogP contribution in [0.15, 0.2) is 78.8 Å². The van der Waals surface area contributed by atoms with Gasteiger partial charge in [-0.3, -0.25) is 19.5 Å². The Kier molecular flexibility index (Phi) is 6.31. The SMILES string of the molecule is CCCOc1ccc(C2=C(Nc3cccc(C)c3)C(=O)N(Cc3ccncc3)C2=O)cc1. The number of nitrogens with one attached hydrogen (secondary N) is 1. The molecular formula is C26H25N3O3. The molecule has 3 aromatic rings. The lowest BCUT2D eigenvalue weighted by atomic mass is 10.0. The molecule has 0 atom stereocenters. The highest BCUT2D eigenvalue weighted by Crippen LogP contribution is 2.32. The summed E-state index contributed by atoms with van der Waals surface area (Å²) < 4.78 is 5.66. The number of amides is 2. The van der Waals surface area contributed by atoms with E-state index in [0.29, 0.717) is 17.7 Å². The molecule has 0 bridgehead atoms. The number of nitrogens with zero attached hydrogens (tertiary/aromatic N) is 2. The van der Waals surface area contributed by atoms with Crippen molar-refractivity contribution in [2.24, 2.45) is 0 Å². The van der Waals surface area contributed by atoms with E-state index in [1.807, 2.05) is 62.4 Å². The summed E-state index contributed by atoms with van der Waals surface area (Å²) >= 11 is 0. The van der Waals surface area contributed by atoms with E-state index in [4.69, 9.17) is 4.74 Å². The second kappa shape index (κ2) is 9.47. The van der Waals surface area contributed by atoms with Crippen LogP contribution in [0.4, 0.5) is 5.69 Å². The maximum absolute atomic E-state index is 13.4. The molecule has 0 spiro atoms. The fraction of sp³-hybridized carbons (Fsp3) is 0.192. The van der Waals surface area contributed by atoms with Gasteiger partial charge in [-0.05, 0) is 66.4 Å². The molecule has 0 unspecified atom stereocenters. The van der Waals surface area contributed by atoms with E-state index in [1.54, 1.807) is 24.5 Å². The maximum atomic E-state index is 13.4. The third-order valence-corrected chi connectivity index (χ3v) is 5.16. The average molecular weight is 428 g/mol. The van der Waals surface area contributed by atoms with Crippen molar-refractivity contribution >= 4 is 23.1 Å². The van der Waals surface area contributed by atoms with Crippen molar-refractivity contribution in [1.82, 2.24) is 9.88 Å². The van der Waals surface area contributed by atoms with Crippen LogP contribution in [0.1, 0.15) is 30.0 Å². The zero-order valence-corrected chi connectivity index (χ0v) is 18.2. The molecule has 4 rings (SSSR count). The summed E-state index contributed by atoms with van der Waals surface area (Å²) in [6, 6.07) is 18.6. The van der Waals surface area contributed by atoms with Gasteiger partial charge in [0, 0.05) is 18.1 Å². The highest BCUT2D eigenvalue weighted by atomic mass is 16.5. The number of imide groups is 1. The minimum Gasteiger partial charge on any atom is -0.494 e. The van der Waals surface area contributed by atoms with Gasteiger partial charge in [-0.25, -0.2) is 0 Å². The second-order valence-corrected chi connectivity index (χ2v) is 7.67. The molecule has 1 aromatic heterocycles. The molecule has 6 heteroatoms. The van der Waals surface area contributed by atoms with Gasteiger partial charge < -0.3 is 10.1 Å². The molecule has 2 amide bonds. The third kappa shape index (κ3) is 4.54. The smallest absolute Gasteiger partial charge is 0.278 e. The van der Waals surface area contributed by atoms with Crippen LogP contribution in [0, 0.1) is 6.92 Å². The molecule has 6 nitrogen and oxygen atoms in total. The summed E-state index contributed by atoms with van der Waals surface area (Å²) in [4.78, 5) is 32.0. The van der Waals surface area contributed by atoms with Crippen LogP contribution < -0.4 is 10.1 Å². The molecule has 1 aliphatic rings. The number of hydrogen-bond donors (Lipinski definition) is 1. The lowest BCUT2D eigenvalue weighted by Crippen LogP contribution is -2.32. The van der Waals surface area contributed by atoms with E-state index >= 15 is 0 Å². The molecule has 0 saturated carbocycles. The van der Waals surface area contributed by atoms with Crippen molar-refractivity contribution in [3.63, 3.8) is 0 Å². The number of aromatic nitrogens is 1. The Balaban J connectivity index is 1.70. The quantitative estimate of drug-likeness (QED) is 0.533. The molecule has 0 radical (unpaired) electrons. The topological polar surface area (TPSA) is 71.5 Å². The predicted molar refractivity (Wildman–Crippen MR) is 124 cm³/mol. The summed E-state index contributed by atoms with van der Waals surface area (Å²) in [5, 5.41) is 3.20. The van der Waals surface area contributed by atoms with Crippen LogP contribution in [0.25, 0.3) is 5.57 Å². The molecule has 0 aliphatic carbocycles. The number of rotatable bonds is 8. The maximum Gasteiger partial charge on any atom is 0.278 e. The Labute approximate surface area is 187 Å². The minimum absolute atomic E-state index is 0.181. The van der Waals surface area contributed by atoms with E-state index in [-0.39, 0.29) is 24.1 Å². The van der Waals surface area contributed by atoms with Crippen molar-refractivity contribution in [1.29, 1.82) is 0 Å². The normalized spacial score (nSPS) is 13.6. The van der Waals surface area contributed by atoms with Gasteiger partial charge in [-0.1, -0.05) is 31.2 Å². The predicted octanol–water partition coefficient (Wildman–Crippen LogP) is 4.57. The van der Waals surface area contributed by atoms with E-state index in [1.165, 1.54) is 4.90 Å². The minimum atomic E-state index is -0.352. The van der Waals surface area contributed by atoms with Gasteiger partial charge in [0.2, 0.25) is 0 Å². The monoisotopic (exact) mass is 427 g/mol. The molecular weight excluding hydrogens is 402 g/mol. The first-order chi connectivity index (χ1) is 15.6. The van der Waals surface area contributed by atoms with Gasteiger partial charge in [0.05, 0.1) is 18.7 Å². The van der Waals surface area contributed by atoms with Crippen molar-refractivity contribution in [2.45, 2.75) is 26.8 Å². The van der Waals surface area contributed by atoms with Gasteiger partial charge >= 0.3 is 0 Å². The Morgan fingerprint density at radius 2 is 1.72 bits per heavy atom. The zero-order valence-electron chi connectivity index (χ0n) is 18.2. The molecule has 162 valence electrons. The first-order valence-electron chi connectivity index (χ1n) is 10.6. The van der Waals surface area contributed by atoms with Gasteiger partial charge in [-0.15, -0.1) is 0 Å². The van der Waals surface area contributed by atoms with Gasteiger partial charge in [0.15, 0.2) is 0 Å². The number of hydrogen-bond acceptors (Lipinski definition) is 5. The summed E-state index contributed by atoms with van der Waals surface area (Å²) in [5.74, 6) is 0.0497. The van der Waals surface area contributed by atoms with Crippen molar-refractivity contribution in [3.05, 3.63) is 95.4 Å². The van der Waals surface area contributed by atoms with Crippen molar-refractivity contribution < 1.29 is 14.3 Å². The number of anilines is 1. The Morgan fingerprint density at radius 1 is 0.969 bits per heavy atom. The van der Waals surface area contributed by atoms with Crippen LogP contribution in [-0.2, 0) is 16.1 Å². The van der Waals surface area contributed by atoms with Crippen LogP contribution in [0.3, 0.4) is 0 Å². The molecule has 2 heterocycles. The Bertz CT molecular complexity index is 1150. The summed E-state index contributed by atoms with van der Waals surface area (Å²) in [6.07, 6.45) is 4.21. The first kappa shape index (κ1) is 21.3. The Hall–Kier alpha value is -3.93. The number of carbonyl (C=O) groups excluding carboxylic acids is 2. The number of ether oxygens (including phenoxy) is 1. The number of benzene rings is 2. The fourth-order valence-corrected chi connectivity index (χ4v) is 3.58. The van der Waals surface area contributed by atoms with Crippen molar-refractivity contribution in [3.8, 4) is 5.75 Å². The van der Waals surface area contributed by atoms with Crippen molar-refractivity contribution in [2.75, 3.05) is 11.9 Å². The lowest BCUT2D eigenvalue weighted by Gasteiger charge is -2.15. The molecule has 32 heavy (non-hydrogen) atoms. The number of carbonyl (C=O) groups is 2. The van der Waals surface area contributed by atoms with Gasteiger partial charge in [0.1, 0.15) is 11.4 Å². The number of aryl methyl sites for hydroxylation is 1. The molecule has 0 saturated heterocycles. The van der Waals surface area contributed by atoms with E-state index in [9.17, 15) is 9.59 Å². The molecule has 1 aliphatic heterocycles. The lowest BCUT2D eigenvalue weighted by molar-refractivity contribution is -0.137. The second-order valence-electron chi connectivity index (χ2n) is 7.67. The van der Waals surface area contributed by atoms with Gasteiger partial charge in [0.25, 0.3) is 11.8 Å². The van der Waals surface area contributed by atoms with Gasteiger partial charge in [-0.2, -0.15) is 0 Å². The van der Waals surface area contributed by atoms with Crippen LogP contribution in [0.5, 0.6) is 5.75 Å². The highest BCUT2D eigenvalue weighted by Gasteiger charge is 2.39. The summed E-state index contributed by atoms with van der Waals surface area (Å²) in [6.45, 7) is 4.83. The third-order valence-electron chi connectivity index (χ3n) is 5.16. The summed E-state index contributed by atoms with van der Waals surface area (Å²) in [7, 11) is 0. The first-order valence-corrected chi connectivity index (χ1v) is 10.6. The largest absolute Gasteiger partial charge is 0.494 e. The molecule has 2 aromatic carbocycles. The zero-order chi connectivity index (χ0) is 22.5. The van der Waals surface area contributed by atoms with Crippen LogP contribution in [-0.4, -0.2) is 28.3 Å². The molecule has 1 N–H and O–H groups in total. The van der Waals surface area contributed by atoms with Crippen LogP contribution in [0.2, 0.25) is 0 Å². The average Bonchev–Trinajstić information content (AvgIpc) is 3.03. The van der Waals surface area contributed by atoms with E-state index in [2.05, 4.69) is 10.3 Å². The van der Waals surface area contributed by atoms with E-state index < -0.39 is 0 Å². The summed E-state index contributed by atoms with van der Waals surface area (Å²) in [5.41, 5.74) is 3.94. The standard InChI is InChI=1S/C26H25N3O3/c1-3-15-32-22-9-7-20(8-10-22)23-24(28-21-6-4-5-18(2)16-21)26(31)29(25(23)30)17-19-11-13-27-14-12-19/h4-14,16,28H,3,15,17H2,1-2H3. The Morgan fingerprint density at radius 3 is 2.41 bits per heavy atom. The highest BCUT2D eigenvalue weighted by molar-refractivity contribution is 6.36.